The highest BCUT2D eigenvalue weighted by atomic mass is 16.5. The molecule has 126 valence electrons. The van der Waals surface area contributed by atoms with Crippen LogP contribution >= 0.6 is 0 Å². The van der Waals surface area contributed by atoms with Gasteiger partial charge in [0.1, 0.15) is 11.9 Å². The largest absolute Gasteiger partial charge is 0.485 e. The third-order valence-corrected chi connectivity index (χ3v) is 5.93. The second-order valence-electron chi connectivity index (χ2n) is 8.05. The molecule has 24 heavy (non-hydrogen) atoms. The van der Waals surface area contributed by atoms with Gasteiger partial charge >= 0.3 is 0 Å². The first-order valence-electron chi connectivity index (χ1n) is 9.54. The number of rotatable bonds is 2. The number of fused-ring (bicyclic) bond motifs is 3. The number of hydrogen-bond acceptors (Lipinski definition) is 1. The van der Waals surface area contributed by atoms with Crippen LogP contribution in [0.2, 0.25) is 0 Å². The number of ether oxygens (including phenoxy) is 1. The Morgan fingerprint density at radius 2 is 1.79 bits per heavy atom. The van der Waals surface area contributed by atoms with Crippen molar-refractivity contribution in [1.29, 1.82) is 0 Å². The standard InChI is InChI=1S/C23H28O/c1-15(2)21-14-18-6-4-5-7-19(18)23-20(21)12-13-22(24-23)17-10-8-16(3)9-11-17/h4-7,12-17,22H,8-11H2,1-3H3. The zero-order valence-electron chi connectivity index (χ0n) is 15.1. The van der Waals surface area contributed by atoms with Crippen molar-refractivity contribution in [2.75, 3.05) is 0 Å². The van der Waals surface area contributed by atoms with Crippen LogP contribution in [0.5, 0.6) is 5.75 Å². The molecule has 0 amide bonds. The maximum atomic E-state index is 6.62. The first-order valence-corrected chi connectivity index (χ1v) is 9.54. The van der Waals surface area contributed by atoms with Crippen molar-refractivity contribution in [3.05, 3.63) is 47.5 Å². The molecule has 1 heteroatoms. The second-order valence-corrected chi connectivity index (χ2v) is 8.05. The molecule has 1 fully saturated rings. The number of benzene rings is 2. The van der Waals surface area contributed by atoms with Crippen molar-refractivity contribution in [1.82, 2.24) is 0 Å². The van der Waals surface area contributed by atoms with E-state index in [4.69, 9.17) is 4.74 Å². The first-order chi connectivity index (χ1) is 11.6. The Bertz CT molecular complexity index is 763. The van der Waals surface area contributed by atoms with Gasteiger partial charge in [0.05, 0.1) is 0 Å². The van der Waals surface area contributed by atoms with Crippen LogP contribution in [-0.2, 0) is 0 Å². The highest BCUT2D eigenvalue weighted by molar-refractivity contribution is 5.93. The molecule has 2 aromatic rings. The van der Waals surface area contributed by atoms with Gasteiger partial charge in [0, 0.05) is 10.9 Å². The second kappa shape index (κ2) is 6.27. The van der Waals surface area contributed by atoms with Gasteiger partial charge in [-0.15, -0.1) is 0 Å². The monoisotopic (exact) mass is 320 g/mol. The van der Waals surface area contributed by atoms with Gasteiger partial charge in [-0.1, -0.05) is 70.0 Å². The lowest BCUT2D eigenvalue weighted by Crippen LogP contribution is -2.30. The van der Waals surface area contributed by atoms with Crippen LogP contribution in [0.3, 0.4) is 0 Å². The fourth-order valence-corrected chi connectivity index (χ4v) is 4.36. The van der Waals surface area contributed by atoms with Gasteiger partial charge in [0.25, 0.3) is 0 Å². The summed E-state index contributed by atoms with van der Waals surface area (Å²) in [5.74, 6) is 3.17. The minimum Gasteiger partial charge on any atom is -0.485 e. The van der Waals surface area contributed by atoms with Crippen molar-refractivity contribution in [3.63, 3.8) is 0 Å². The first kappa shape index (κ1) is 15.7. The lowest BCUT2D eigenvalue weighted by atomic mass is 9.79. The van der Waals surface area contributed by atoms with Crippen LogP contribution in [-0.4, -0.2) is 6.10 Å². The third kappa shape index (κ3) is 2.75. The molecule has 1 atom stereocenters. The van der Waals surface area contributed by atoms with E-state index in [1.807, 2.05) is 0 Å². The molecule has 1 unspecified atom stereocenters. The molecule has 2 aliphatic rings. The van der Waals surface area contributed by atoms with Crippen molar-refractivity contribution in [3.8, 4) is 5.75 Å². The van der Waals surface area contributed by atoms with Crippen molar-refractivity contribution >= 4 is 16.8 Å². The molecule has 1 nitrogen and oxygen atoms in total. The van der Waals surface area contributed by atoms with Crippen LogP contribution < -0.4 is 4.74 Å². The van der Waals surface area contributed by atoms with Gasteiger partial charge in [-0.05, 0) is 47.6 Å². The van der Waals surface area contributed by atoms with Gasteiger partial charge in [-0.25, -0.2) is 0 Å². The molecule has 4 rings (SSSR count). The topological polar surface area (TPSA) is 9.23 Å². The molecule has 1 heterocycles. The van der Waals surface area contributed by atoms with E-state index in [2.05, 4.69) is 63.3 Å². The van der Waals surface area contributed by atoms with Crippen molar-refractivity contribution in [2.24, 2.45) is 11.8 Å². The summed E-state index contributed by atoms with van der Waals surface area (Å²) < 4.78 is 6.62. The lowest BCUT2D eigenvalue weighted by Gasteiger charge is -2.34. The van der Waals surface area contributed by atoms with E-state index >= 15 is 0 Å². The Morgan fingerprint density at radius 3 is 2.54 bits per heavy atom. The SMILES string of the molecule is CC1CCC(C2C=Cc3c(C(C)C)cc4ccccc4c3O2)CC1. The highest BCUT2D eigenvalue weighted by Gasteiger charge is 2.29. The van der Waals surface area contributed by atoms with Crippen molar-refractivity contribution < 1.29 is 4.74 Å². The normalized spacial score (nSPS) is 26.4. The maximum absolute atomic E-state index is 6.62. The van der Waals surface area contributed by atoms with Gasteiger partial charge in [-0.2, -0.15) is 0 Å². The van der Waals surface area contributed by atoms with E-state index in [0.29, 0.717) is 11.8 Å². The molecule has 1 aliphatic carbocycles. The smallest absolute Gasteiger partial charge is 0.135 e. The van der Waals surface area contributed by atoms with E-state index < -0.39 is 0 Å². The summed E-state index contributed by atoms with van der Waals surface area (Å²) >= 11 is 0. The van der Waals surface area contributed by atoms with Crippen LogP contribution in [0.25, 0.3) is 16.8 Å². The van der Waals surface area contributed by atoms with Gasteiger partial charge in [0.2, 0.25) is 0 Å². The lowest BCUT2D eigenvalue weighted by molar-refractivity contribution is 0.132. The average Bonchev–Trinajstić information content (AvgIpc) is 2.61. The summed E-state index contributed by atoms with van der Waals surface area (Å²) in [5.41, 5.74) is 2.69. The Kier molecular flexibility index (Phi) is 4.12. The molecule has 1 saturated carbocycles. The minimum atomic E-state index is 0.246. The number of hydrogen-bond donors (Lipinski definition) is 0. The Balaban J connectivity index is 1.74. The summed E-state index contributed by atoms with van der Waals surface area (Å²) in [7, 11) is 0. The Hall–Kier alpha value is -1.76. The van der Waals surface area contributed by atoms with Crippen LogP contribution in [0, 0.1) is 11.8 Å². The van der Waals surface area contributed by atoms with Crippen molar-refractivity contribution in [2.45, 2.75) is 58.5 Å². The fraction of sp³-hybridized carbons (Fsp3) is 0.478. The minimum absolute atomic E-state index is 0.246. The molecule has 0 N–H and O–H groups in total. The molecule has 0 spiro atoms. The fourth-order valence-electron chi connectivity index (χ4n) is 4.36. The molecule has 0 radical (unpaired) electrons. The van der Waals surface area contributed by atoms with E-state index in [-0.39, 0.29) is 6.10 Å². The molecular weight excluding hydrogens is 292 g/mol. The third-order valence-electron chi connectivity index (χ3n) is 5.93. The summed E-state index contributed by atoms with van der Waals surface area (Å²) in [5, 5.41) is 2.56. The average molecular weight is 320 g/mol. The molecule has 0 saturated heterocycles. The van der Waals surface area contributed by atoms with Crippen LogP contribution in [0.15, 0.2) is 36.4 Å². The summed E-state index contributed by atoms with van der Waals surface area (Å²) in [4.78, 5) is 0. The summed E-state index contributed by atoms with van der Waals surface area (Å²) in [6, 6.07) is 11.0. The summed E-state index contributed by atoms with van der Waals surface area (Å²) in [6.45, 7) is 6.92. The molecule has 0 bridgehead atoms. The molecule has 0 aromatic heterocycles. The van der Waals surface area contributed by atoms with Gasteiger partial charge < -0.3 is 4.74 Å². The van der Waals surface area contributed by atoms with E-state index in [1.165, 1.54) is 47.6 Å². The molecular formula is C23H28O. The zero-order chi connectivity index (χ0) is 16.7. The predicted molar refractivity (Wildman–Crippen MR) is 103 cm³/mol. The summed E-state index contributed by atoms with van der Waals surface area (Å²) in [6.07, 6.45) is 10.2. The maximum Gasteiger partial charge on any atom is 0.135 e. The Morgan fingerprint density at radius 1 is 1.04 bits per heavy atom. The van der Waals surface area contributed by atoms with Crippen LogP contribution in [0.4, 0.5) is 0 Å². The van der Waals surface area contributed by atoms with Gasteiger partial charge in [-0.3, -0.25) is 0 Å². The van der Waals surface area contributed by atoms with E-state index in [9.17, 15) is 0 Å². The molecule has 2 aromatic carbocycles. The van der Waals surface area contributed by atoms with E-state index in [1.54, 1.807) is 0 Å². The zero-order valence-corrected chi connectivity index (χ0v) is 15.1. The Labute approximate surface area is 145 Å². The molecule has 1 aliphatic heterocycles. The highest BCUT2D eigenvalue weighted by Crippen LogP contribution is 2.42. The van der Waals surface area contributed by atoms with E-state index in [0.717, 1.165) is 11.7 Å². The quantitative estimate of drug-likeness (QED) is 0.608. The van der Waals surface area contributed by atoms with Gasteiger partial charge in [0.15, 0.2) is 0 Å². The van der Waals surface area contributed by atoms with Crippen LogP contribution in [0.1, 0.15) is 63.5 Å². The predicted octanol–water partition coefficient (Wildman–Crippen LogP) is 6.56.